The fourth-order valence-electron chi connectivity index (χ4n) is 2.89. The molecule has 27 heavy (non-hydrogen) atoms. The van der Waals surface area contributed by atoms with Crippen LogP contribution in [0.5, 0.6) is 0 Å². The molecule has 0 fully saturated rings. The molecule has 0 amide bonds. The highest BCUT2D eigenvalue weighted by Gasteiger charge is 2.31. The molecule has 0 heterocycles. The Morgan fingerprint density at radius 1 is 0.889 bits per heavy atom. The van der Waals surface area contributed by atoms with Crippen LogP contribution >= 0.6 is 11.6 Å². The number of carbonyl (C=O) groups excluding carboxylic acids is 1. The summed E-state index contributed by atoms with van der Waals surface area (Å²) in [6, 6.07) is 22.0. The van der Waals surface area contributed by atoms with E-state index in [2.05, 4.69) is 0 Å². The van der Waals surface area contributed by atoms with Gasteiger partial charge in [0.15, 0.2) is 15.6 Å². The van der Waals surface area contributed by atoms with Crippen LogP contribution in [-0.2, 0) is 9.84 Å². The first-order chi connectivity index (χ1) is 12.9. The van der Waals surface area contributed by atoms with E-state index >= 15 is 0 Å². The van der Waals surface area contributed by atoms with E-state index in [1.54, 1.807) is 72.8 Å². The highest BCUT2D eigenvalue weighted by Crippen LogP contribution is 2.33. The van der Waals surface area contributed by atoms with Crippen LogP contribution in [0, 0.1) is 6.92 Å². The van der Waals surface area contributed by atoms with Gasteiger partial charge in [0.1, 0.15) is 0 Å². The second-order valence-electron chi connectivity index (χ2n) is 6.39. The molecule has 0 saturated carbocycles. The Hall–Kier alpha value is -2.43. The molecule has 0 aliphatic rings. The lowest BCUT2D eigenvalue weighted by atomic mass is 10.0. The third kappa shape index (κ3) is 4.46. The normalized spacial score (nSPS) is 12.5. The Bertz CT molecular complexity index is 1030. The van der Waals surface area contributed by atoms with Crippen molar-refractivity contribution in [3.8, 4) is 0 Å². The highest BCUT2D eigenvalue weighted by molar-refractivity contribution is 7.91. The lowest BCUT2D eigenvalue weighted by Crippen LogP contribution is -2.18. The van der Waals surface area contributed by atoms with Crippen LogP contribution in [0.4, 0.5) is 0 Å². The minimum Gasteiger partial charge on any atom is -0.294 e. The monoisotopic (exact) mass is 398 g/mol. The fourth-order valence-corrected chi connectivity index (χ4v) is 4.74. The van der Waals surface area contributed by atoms with Crippen LogP contribution in [-0.4, -0.2) is 14.2 Å². The van der Waals surface area contributed by atoms with Gasteiger partial charge in [0, 0.05) is 17.0 Å². The molecule has 3 nitrogen and oxygen atoms in total. The van der Waals surface area contributed by atoms with E-state index in [1.165, 1.54) is 0 Å². The Kier molecular flexibility index (Phi) is 5.78. The van der Waals surface area contributed by atoms with Crippen molar-refractivity contribution in [2.75, 3.05) is 0 Å². The molecule has 3 aromatic rings. The maximum atomic E-state index is 13.3. The zero-order valence-corrected chi connectivity index (χ0v) is 16.4. The Labute approximate surface area is 164 Å². The summed E-state index contributed by atoms with van der Waals surface area (Å²) in [7, 11) is -3.73. The van der Waals surface area contributed by atoms with Crippen molar-refractivity contribution >= 4 is 27.2 Å². The molecule has 3 rings (SSSR count). The van der Waals surface area contributed by atoms with E-state index in [-0.39, 0.29) is 17.1 Å². The van der Waals surface area contributed by atoms with Gasteiger partial charge in [-0.15, -0.1) is 0 Å². The number of hydrogen-bond acceptors (Lipinski definition) is 3. The number of sulfone groups is 1. The summed E-state index contributed by atoms with van der Waals surface area (Å²) < 4.78 is 26.6. The molecule has 0 radical (unpaired) electrons. The Morgan fingerprint density at radius 2 is 1.48 bits per heavy atom. The number of benzene rings is 3. The second-order valence-corrected chi connectivity index (χ2v) is 8.96. The summed E-state index contributed by atoms with van der Waals surface area (Å²) in [6.07, 6.45) is -0.137. The topological polar surface area (TPSA) is 51.2 Å². The molecule has 0 aliphatic heterocycles. The van der Waals surface area contributed by atoms with Gasteiger partial charge in [-0.2, -0.15) is 0 Å². The molecule has 3 aromatic carbocycles. The summed E-state index contributed by atoms with van der Waals surface area (Å²) in [5, 5.41) is -0.428. The fraction of sp³-hybridized carbons (Fsp3) is 0.136. The average Bonchev–Trinajstić information content (AvgIpc) is 2.67. The molecule has 0 spiro atoms. The van der Waals surface area contributed by atoms with Crippen molar-refractivity contribution in [3.63, 3.8) is 0 Å². The van der Waals surface area contributed by atoms with E-state index in [0.29, 0.717) is 16.1 Å². The molecule has 1 atom stereocenters. The van der Waals surface area contributed by atoms with E-state index in [4.69, 9.17) is 11.6 Å². The third-order valence-electron chi connectivity index (χ3n) is 4.43. The van der Waals surface area contributed by atoms with Gasteiger partial charge in [-0.3, -0.25) is 4.79 Å². The first-order valence-corrected chi connectivity index (χ1v) is 10.4. The van der Waals surface area contributed by atoms with E-state index in [9.17, 15) is 13.2 Å². The summed E-state index contributed by atoms with van der Waals surface area (Å²) in [6.45, 7) is 1.90. The molecule has 5 heteroatoms. The van der Waals surface area contributed by atoms with Crippen molar-refractivity contribution in [3.05, 3.63) is 101 Å². The van der Waals surface area contributed by atoms with Crippen LogP contribution in [0.25, 0.3) is 0 Å². The number of halogens is 1. The second kappa shape index (κ2) is 8.07. The largest absolute Gasteiger partial charge is 0.294 e. The van der Waals surface area contributed by atoms with Crippen LogP contribution < -0.4 is 0 Å². The molecule has 0 N–H and O–H groups in total. The Morgan fingerprint density at radius 3 is 2.07 bits per heavy atom. The highest BCUT2D eigenvalue weighted by atomic mass is 35.5. The van der Waals surface area contributed by atoms with Crippen molar-refractivity contribution in [1.29, 1.82) is 0 Å². The van der Waals surface area contributed by atoms with Gasteiger partial charge in [-0.25, -0.2) is 8.42 Å². The quantitative estimate of drug-likeness (QED) is 0.520. The predicted octanol–water partition coefficient (Wildman–Crippen LogP) is 5.44. The zero-order chi connectivity index (χ0) is 19.4. The minimum absolute atomic E-state index is 0.137. The lowest BCUT2D eigenvalue weighted by molar-refractivity contribution is 0.0980. The molecule has 0 aromatic heterocycles. The Balaban J connectivity index is 2.00. The number of rotatable bonds is 6. The summed E-state index contributed by atoms with van der Waals surface area (Å²) in [5.41, 5.74) is 2.02. The van der Waals surface area contributed by atoms with Gasteiger partial charge in [-0.1, -0.05) is 59.6 Å². The zero-order valence-electron chi connectivity index (χ0n) is 14.8. The van der Waals surface area contributed by atoms with E-state index < -0.39 is 15.1 Å². The molecule has 0 aliphatic carbocycles. The smallest absolute Gasteiger partial charge is 0.185 e. The van der Waals surface area contributed by atoms with Crippen LogP contribution in [0.2, 0.25) is 5.02 Å². The lowest BCUT2D eigenvalue weighted by Gasteiger charge is -2.18. The number of aryl methyl sites for hydroxylation is 1. The maximum Gasteiger partial charge on any atom is 0.185 e. The molecule has 0 unspecified atom stereocenters. The summed E-state index contributed by atoms with van der Waals surface area (Å²) in [4.78, 5) is 13.0. The van der Waals surface area contributed by atoms with Gasteiger partial charge in [0.05, 0.1) is 10.1 Å². The van der Waals surface area contributed by atoms with Gasteiger partial charge in [-0.05, 0) is 48.9 Å². The number of carbonyl (C=O) groups is 1. The standard InChI is InChI=1S/C22H19ClO3S/c1-16-7-13-20(14-8-16)27(25,26)22(18-5-3-2-4-6-18)15-21(24)17-9-11-19(23)12-10-17/h2-14,22H,15H2,1H3/t22-/m1/s1. The number of hydrogen-bond donors (Lipinski definition) is 0. The predicted molar refractivity (Wildman–Crippen MR) is 108 cm³/mol. The van der Waals surface area contributed by atoms with Crippen LogP contribution in [0.15, 0.2) is 83.8 Å². The van der Waals surface area contributed by atoms with Crippen molar-refractivity contribution in [2.45, 2.75) is 23.5 Å². The summed E-state index contributed by atoms with van der Waals surface area (Å²) >= 11 is 5.88. The first-order valence-electron chi connectivity index (χ1n) is 8.52. The number of ketones is 1. The van der Waals surface area contributed by atoms with E-state index in [0.717, 1.165) is 5.56 Å². The molecule has 0 bridgehead atoms. The SMILES string of the molecule is Cc1ccc(S(=O)(=O)[C@H](CC(=O)c2ccc(Cl)cc2)c2ccccc2)cc1. The molecule has 0 saturated heterocycles. The van der Waals surface area contributed by atoms with Crippen molar-refractivity contribution < 1.29 is 13.2 Å². The maximum absolute atomic E-state index is 13.3. The molecular weight excluding hydrogens is 380 g/mol. The van der Waals surface area contributed by atoms with Gasteiger partial charge < -0.3 is 0 Å². The third-order valence-corrected chi connectivity index (χ3v) is 6.80. The van der Waals surface area contributed by atoms with Crippen molar-refractivity contribution in [1.82, 2.24) is 0 Å². The van der Waals surface area contributed by atoms with Crippen molar-refractivity contribution in [2.24, 2.45) is 0 Å². The molecule has 138 valence electrons. The minimum atomic E-state index is -3.73. The van der Waals surface area contributed by atoms with Crippen LogP contribution in [0.1, 0.15) is 33.2 Å². The van der Waals surface area contributed by atoms with Gasteiger partial charge in [0.25, 0.3) is 0 Å². The molecular formula is C22H19ClO3S. The number of Topliss-reactive ketones (excluding diaryl/α,β-unsaturated/α-hetero) is 1. The van der Waals surface area contributed by atoms with Crippen LogP contribution in [0.3, 0.4) is 0 Å². The summed E-state index contributed by atoms with van der Waals surface area (Å²) in [5.74, 6) is -0.240. The van der Waals surface area contributed by atoms with E-state index in [1.807, 2.05) is 13.0 Å². The first kappa shape index (κ1) is 19.3. The van der Waals surface area contributed by atoms with Gasteiger partial charge >= 0.3 is 0 Å². The average molecular weight is 399 g/mol. The van der Waals surface area contributed by atoms with Gasteiger partial charge in [0.2, 0.25) is 0 Å².